The zero-order chi connectivity index (χ0) is 22.7. The van der Waals surface area contributed by atoms with E-state index in [0.29, 0.717) is 31.6 Å². The van der Waals surface area contributed by atoms with Crippen molar-refractivity contribution in [3.05, 3.63) is 42.1 Å². The van der Waals surface area contributed by atoms with Gasteiger partial charge in [-0.15, -0.1) is 0 Å². The number of nitrogens with zero attached hydrogens (tertiary/aromatic N) is 3. The Balaban J connectivity index is 1.27. The minimum absolute atomic E-state index is 0.0596. The SMILES string of the molecule is Cc1ccc(S(=O)(=O)NCC2CCCN(CC(=O)Nc3ccnn3C(C)C3CC3)C2)cc1. The van der Waals surface area contributed by atoms with Crippen LogP contribution >= 0.6 is 0 Å². The van der Waals surface area contributed by atoms with Crippen molar-refractivity contribution in [1.29, 1.82) is 0 Å². The number of hydrogen-bond donors (Lipinski definition) is 2. The number of benzene rings is 1. The number of likely N-dealkylation sites (tertiary alicyclic amines) is 1. The number of piperidine rings is 1. The predicted molar refractivity (Wildman–Crippen MR) is 124 cm³/mol. The molecule has 1 aliphatic heterocycles. The molecule has 1 aromatic carbocycles. The number of carbonyl (C=O) groups excluding carboxylic acids is 1. The Morgan fingerprint density at radius 1 is 1.19 bits per heavy atom. The van der Waals surface area contributed by atoms with E-state index in [-0.39, 0.29) is 16.7 Å². The highest BCUT2D eigenvalue weighted by Gasteiger charge is 2.31. The van der Waals surface area contributed by atoms with Crippen LogP contribution in [0, 0.1) is 18.8 Å². The Morgan fingerprint density at radius 3 is 2.66 bits per heavy atom. The van der Waals surface area contributed by atoms with Crippen LogP contribution in [0.4, 0.5) is 5.82 Å². The minimum Gasteiger partial charge on any atom is -0.310 e. The Hall–Kier alpha value is -2.23. The van der Waals surface area contributed by atoms with Gasteiger partial charge in [0, 0.05) is 19.2 Å². The molecule has 2 atom stereocenters. The van der Waals surface area contributed by atoms with Crippen molar-refractivity contribution >= 4 is 21.7 Å². The van der Waals surface area contributed by atoms with Gasteiger partial charge in [-0.1, -0.05) is 17.7 Å². The van der Waals surface area contributed by atoms with Gasteiger partial charge in [-0.05, 0) is 70.0 Å². The van der Waals surface area contributed by atoms with Crippen molar-refractivity contribution in [3.63, 3.8) is 0 Å². The van der Waals surface area contributed by atoms with Crippen LogP contribution in [0.1, 0.15) is 44.2 Å². The molecule has 174 valence electrons. The van der Waals surface area contributed by atoms with E-state index in [4.69, 9.17) is 0 Å². The third-order valence-electron chi connectivity index (χ3n) is 6.49. The summed E-state index contributed by atoms with van der Waals surface area (Å²) in [5.74, 6) is 1.51. The topological polar surface area (TPSA) is 96.3 Å². The van der Waals surface area contributed by atoms with Gasteiger partial charge in [0.25, 0.3) is 0 Å². The van der Waals surface area contributed by atoms with E-state index < -0.39 is 10.0 Å². The molecule has 0 radical (unpaired) electrons. The number of hydrogen-bond acceptors (Lipinski definition) is 5. The van der Waals surface area contributed by atoms with Gasteiger partial charge in [0.05, 0.1) is 23.7 Å². The first kappa shape index (κ1) is 22.9. The van der Waals surface area contributed by atoms with Gasteiger partial charge in [0.15, 0.2) is 0 Å². The molecule has 8 nitrogen and oxygen atoms in total. The molecule has 9 heteroatoms. The fourth-order valence-electron chi connectivity index (χ4n) is 4.39. The maximum atomic E-state index is 12.7. The van der Waals surface area contributed by atoms with E-state index in [2.05, 4.69) is 27.0 Å². The number of aromatic nitrogens is 2. The molecular formula is C23H33N5O3S. The second kappa shape index (κ2) is 9.72. The van der Waals surface area contributed by atoms with Crippen molar-refractivity contribution in [2.45, 2.75) is 50.5 Å². The molecule has 1 aromatic heterocycles. The Morgan fingerprint density at radius 2 is 1.94 bits per heavy atom. The molecular weight excluding hydrogens is 426 g/mol. The monoisotopic (exact) mass is 459 g/mol. The molecule has 0 spiro atoms. The lowest BCUT2D eigenvalue weighted by atomic mass is 9.98. The van der Waals surface area contributed by atoms with Crippen LogP contribution < -0.4 is 10.0 Å². The molecule has 2 unspecified atom stereocenters. The fraction of sp³-hybridized carbons (Fsp3) is 0.565. The Labute approximate surface area is 190 Å². The molecule has 1 aliphatic carbocycles. The normalized spacial score (nSPS) is 20.8. The molecule has 1 saturated heterocycles. The van der Waals surface area contributed by atoms with E-state index in [0.717, 1.165) is 30.8 Å². The Kier molecular flexibility index (Phi) is 6.97. The Bertz CT molecular complexity index is 1030. The van der Waals surface area contributed by atoms with E-state index in [1.54, 1.807) is 30.5 Å². The van der Waals surface area contributed by atoms with Gasteiger partial charge in [-0.25, -0.2) is 17.8 Å². The first-order chi connectivity index (χ1) is 15.3. The molecule has 0 bridgehead atoms. The van der Waals surface area contributed by atoms with Crippen LogP contribution in [0.15, 0.2) is 41.4 Å². The lowest BCUT2D eigenvalue weighted by molar-refractivity contribution is -0.117. The molecule has 32 heavy (non-hydrogen) atoms. The highest BCUT2D eigenvalue weighted by atomic mass is 32.2. The van der Waals surface area contributed by atoms with Crippen LogP contribution in [0.2, 0.25) is 0 Å². The molecule has 2 fully saturated rings. The number of anilines is 1. The number of sulfonamides is 1. The summed E-state index contributed by atoms with van der Waals surface area (Å²) >= 11 is 0. The second-order valence-corrected chi connectivity index (χ2v) is 11.0. The highest BCUT2D eigenvalue weighted by Crippen LogP contribution is 2.40. The highest BCUT2D eigenvalue weighted by molar-refractivity contribution is 7.89. The van der Waals surface area contributed by atoms with Gasteiger partial charge in [0.2, 0.25) is 15.9 Å². The summed E-state index contributed by atoms with van der Waals surface area (Å²) in [6.07, 6.45) is 6.06. The number of carbonyl (C=O) groups is 1. The van der Waals surface area contributed by atoms with Gasteiger partial charge in [-0.2, -0.15) is 5.10 Å². The van der Waals surface area contributed by atoms with Crippen LogP contribution in [0.25, 0.3) is 0 Å². The second-order valence-electron chi connectivity index (χ2n) is 9.20. The van der Waals surface area contributed by atoms with Gasteiger partial charge < -0.3 is 5.32 Å². The third-order valence-corrected chi connectivity index (χ3v) is 7.93. The molecule has 4 rings (SSSR count). The molecule has 2 heterocycles. The first-order valence-electron chi connectivity index (χ1n) is 11.4. The summed E-state index contributed by atoms with van der Waals surface area (Å²) in [7, 11) is -3.52. The molecule has 2 N–H and O–H groups in total. The number of aryl methyl sites for hydroxylation is 1. The summed E-state index contributed by atoms with van der Waals surface area (Å²) in [5, 5.41) is 7.40. The fourth-order valence-corrected chi connectivity index (χ4v) is 5.51. The quantitative estimate of drug-likeness (QED) is 0.601. The zero-order valence-corrected chi connectivity index (χ0v) is 19.6. The smallest absolute Gasteiger partial charge is 0.240 e. The van der Waals surface area contributed by atoms with Crippen molar-refractivity contribution in [2.75, 3.05) is 31.5 Å². The van der Waals surface area contributed by atoms with Gasteiger partial charge >= 0.3 is 0 Å². The number of rotatable bonds is 9. The number of nitrogens with one attached hydrogen (secondary N) is 2. The molecule has 1 amide bonds. The average Bonchev–Trinajstić information content (AvgIpc) is 3.52. The maximum absolute atomic E-state index is 12.7. The van der Waals surface area contributed by atoms with Crippen LogP contribution in [-0.2, 0) is 14.8 Å². The van der Waals surface area contributed by atoms with Crippen LogP contribution in [0.3, 0.4) is 0 Å². The lowest BCUT2D eigenvalue weighted by Gasteiger charge is -2.32. The van der Waals surface area contributed by atoms with Crippen molar-refractivity contribution < 1.29 is 13.2 Å². The maximum Gasteiger partial charge on any atom is 0.240 e. The summed E-state index contributed by atoms with van der Waals surface area (Å²) in [6.45, 7) is 6.28. The van der Waals surface area contributed by atoms with Crippen molar-refractivity contribution in [3.8, 4) is 0 Å². The summed E-state index contributed by atoms with van der Waals surface area (Å²) in [4.78, 5) is 15.1. The molecule has 2 aliphatic rings. The minimum atomic E-state index is -3.52. The van der Waals surface area contributed by atoms with Gasteiger partial charge in [-0.3, -0.25) is 9.69 Å². The van der Waals surface area contributed by atoms with E-state index >= 15 is 0 Å². The third kappa shape index (κ3) is 5.76. The van der Waals surface area contributed by atoms with Crippen LogP contribution in [0.5, 0.6) is 0 Å². The van der Waals surface area contributed by atoms with E-state index in [9.17, 15) is 13.2 Å². The molecule has 1 saturated carbocycles. The van der Waals surface area contributed by atoms with Gasteiger partial charge in [0.1, 0.15) is 5.82 Å². The lowest BCUT2D eigenvalue weighted by Crippen LogP contribution is -2.44. The summed E-state index contributed by atoms with van der Waals surface area (Å²) < 4.78 is 29.8. The summed E-state index contributed by atoms with van der Waals surface area (Å²) in [6, 6.07) is 8.99. The first-order valence-corrected chi connectivity index (χ1v) is 12.9. The predicted octanol–water partition coefficient (Wildman–Crippen LogP) is 2.79. The van der Waals surface area contributed by atoms with Crippen molar-refractivity contribution in [1.82, 2.24) is 19.4 Å². The van der Waals surface area contributed by atoms with E-state index in [1.807, 2.05) is 17.7 Å². The van der Waals surface area contributed by atoms with E-state index in [1.165, 1.54) is 12.8 Å². The van der Waals surface area contributed by atoms with Crippen LogP contribution in [-0.4, -0.2) is 55.2 Å². The summed E-state index contributed by atoms with van der Waals surface area (Å²) in [5.41, 5.74) is 1.02. The largest absolute Gasteiger partial charge is 0.310 e. The van der Waals surface area contributed by atoms with Crippen molar-refractivity contribution in [2.24, 2.45) is 11.8 Å². The number of amides is 1. The molecule has 2 aromatic rings. The zero-order valence-electron chi connectivity index (χ0n) is 18.8. The standard InChI is InChI=1S/C23H33N5O3S/c1-17-5-9-21(10-6-17)32(30,31)25-14-19-4-3-13-27(15-19)16-23(29)26-22-11-12-24-28(22)18(2)20-7-8-20/h5-6,9-12,18-20,25H,3-4,7-8,13-16H2,1-2H3,(H,26,29). The average molecular weight is 460 g/mol.